The Hall–Kier alpha value is -0.990. The van der Waals surface area contributed by atoms with Crippen molar-refractivity contribution in [3.8, 4) is 0 Å². The number of hydrogen-bond donors (Lipinski definition) is 1. The summed E-state index contributed by atoms with van der Waals surface area (Å²) in [4.78, 5) is 14.3. The highest BCUT2D eigenvalue weighted by Gasteiger charge is 2.11. The van der Waals surface area contributed by atoms with Crippen LogP contribution in [0.3, 0.4) is 0 Å². The lowest BCUT2D eigenvalue weighted by molar-refractivity contribution is -0.117. The van der Waals surface area contributed by atoms with Gasteiger partial charge in [-0.3, -0.25) is 4.79 Å². The highest BCUT2D eigenvalue weighted by Crippen LogP contribution is 2.18. The van der Waals surface area contributed by atoms with Crippen LogP contribution in [0.1, 0.15) is 124 Å². The highest BCUT2D eigenvalue weighted by molar-refractivity contribution is 5.93. The van der Waals surface area contributed by atoms with Crippen molar-refractivity contribution in [2.24, 2.45) is 0 Å². The molecule has 1 amide bonds. The van der Waals surface area contributed by atoms with Crippen molar-refractivity contribution < 1.29 is 4.79 Å². The molecule has 166 valence electrons. The number of nitrogens with zero attached hydrogens (tertiary/aromatic N) is 1. The number of amides is 1. The molecule has 0 atom stereocenters. The molecule has 0 spiro atoms. The fourth-order valence-electron chi connectivity index (χ4n) is 3.74. The molecule has 0 bridgehead atoms. The van der Waals surface area contributed by atoms with Gasteiger partial charge >= 0.3 is 0 Å². The van der Waals surface area contributed by atoms with Crippen LogP contribution in [0, 0.1) is 0 Å². The second kappa shape index (κ2) is 19.3. The van der Waals surface area contributed by atoms with Crippen LogP contribution in [-0.4, -0.2) is 31.4 Å². The molecular weight excluding hydrogens is 344 g/mol. The van der Waals surface area contributed by atoms with Crippen molar-refractivity contribution in [1.29, 1.82) is 0 Å². The van der Waals surface area contributed by atoms with E-state index in [-0.39, 0.29) is 5.91 Å². The molecule has 28 heavy (non-hydrogen) atoms. The molecule has 0 saturated heterocycles. The maximum Gasteiger partial charge on any atom is 0.248 e. The van der Waals surface area contributed by atoms with Crippen molar-refractivity contribution in [1.82, 2.24) is 10.2 Å². The Bertz CT molecular complexity index is 401. The molecule has 0 aromatic rings. The van der Waals surface area contributed by atoms with Crippen LogP contribution in [0.5, 0.6) is 0 Å². The molecule has 1 N–H and O–H groups in total. The monoisotopic (exact) mass is 394 g/mol. The second-order valence-electron chi connectivity index (χ2n) is 8.57. The van der Waals surface area contributed by atoms with Crippen LogP contribution in [0.15, 0.2) is 11.3 Å². The number of rotatable bonds is 19. The average molecular weight is 395 g/mol. The zero-order valence-electron chi connectivity index (χ0n) is 19.9. The summed E-state index contributed by atoms with van der Waals surface area (Å²) in [7, 11) is 4.10. The minimum absolute atomic E-state index is 0.0934. The molecule has 0 heterocycles. The van der Waals surface area contributed by atoms with E-state index in [4.69, 9.17) is 0 Å². The summed E-state index contributed by atoms with van der Waals surface area (Å²) >= 11 is 0. The summed E-state index contributed by atoms with van der Waals surface area (Å²) in [5, 5.41) is 3.00. The minimum Gasteiger partial charge on any atom is -0.381 e. The summed E-state index contributed by atoms with van der Waals surface area (Å²) in [5.41, 5.74) is 2.07. The first-order valence-corrected chi connectivity index (χ1v) is 12.2. The summed E-state index contributed by atoms with van der Waals surface area (Å²) in [6, 6.07) is 0. The van der Waals surface area contributed by atoms with Crippen LogP contribution < -0.4 is 5.32 Å². The summed E-state index contributed by atoms with van der Waals surface area (Å²) in [5.74, 6) is 0.0934. The van der Waals surface area contributed by atoms with Crippen LogP contribution in [0.2, 0.25) is 0 Å². The SMILES string of the molecule is CCCCCCCCCCCCCCCC/C(=C(\C)C(=O)NCCC)N(C)C. The molecule has 0 aromatic carbocycles. The van der Waals surface area contributed by atoms with Gasteiger partial charge in [0.05, 0.1) is 0 Å². The number of nitrogens with one attached hydrogen (secondary N) is 1. The lowest BCUT2D eigenvalue weighted by Crippen LogP contribution is -2.27. The van der Waals surface area contributed by atoms with E-state index in [9.17, 15) is 4.79 Å². The molecule has 0 rings (SSSR count). The second-order valence-corrected chi connectivity index (χ2v) is 8.57. The van der Waals surface area contributed by atoms with Gasteiger partial charge in [-0.05, 0) is 26.2 Å². The van der Waals surface area contributed by atoms with Gasteiger partial charge in [0, 0.05) is 31.9 Å². The molecule has 0 aromatic heterocycles. The van der Waals surface area contributed by atoms with Crippen LogP contribution in [0.4, 0.5) is 0 Å². The zero-order valence-corrected chi connectivity index (χ0v) is 19.9. The minimum atomic E-state index is 0.0934. The molecular formula is C25H50N2O. The Morgan fingerprint density at radius 3 is 1.50 bits per heavy atom. The summed E-state index contributed by atoms with van der Waals surface area (Å²) in [6.07, 6.45) is 21.3. The summed E-state index contributed by atoms with van der Waals surface area (Å²) in [6.45, 7) is 7.09. The van der Waals surface area contributed by atoms with Gasteiger partial charge in [-0.2, -0.15) is 0 Å². The van der Waals surface area contributed by atoms with E-state index in [1.165, 1.54) is 95.6 Å². The normalized spacial score (nSPS) is 12.0. The number of unbranched alkanes of at least 4 members (excludes halogenated alkanes) is 13. The average Bonchev–Trinajstić information content (AvgIpc) is 2.68. The van der Waals surface area contributed by atoms with Gasteiger partial charge < -0.3 is 10.2 Å². The largest absolute Gasteiger partial charge is 0.381 e. The number of hydrogen-bond acceptors (Lipinski definition) is 2. The number of carbonyl (C=O) groups is 1. The van der Waals surface area contributed by atoms with Gasteiger partial charge in [-0.1, -0.05) is 97.3 Å². The molecule has 0 aliphatic heterocycles. The first kappa shape index (κ1) is 27.0. The van der Waals surface area contributed by atoms with E-state index in [2.05, 4.69) is 38.2 Å². The van der Waals surface area contributed by atoms with E-state index < -0.39 is 0 Å². The van der Waals surface area contributed by atoms with Crippen LogP contribution in [0.25, 0.3) is 0 Å². The van der Waals surface area contributed by atoms with Crippen LogP contribution >= 0.6 is 0 Å². The van der Waals surface area contributed by atoms with E-state index in [0.717, 1.165) is 25.0 Å². The predicted molar refractivity (Wildman–Crippen MR) is 125 cm³/mol. The number of carbonyl (C=O) groups excluding carboxylic acids is 1. The third-order valence-electron chi connectivity index (χ3n) is 5.62. The molecule has 0 aliphatic rings. The molecule has 0 fully saturated rings. The Kier molecular flexibility index (Phi) is 18.6. The molecule has 0 aliphatic carbocycles. The molecule has 0 radical (unpaired) electrons. The smallest absolute Gasteiger partial charge is 0.248 e. The van der Waals surface area contributed by atoms with Crippen molar-refractivity contribution in [3.05, 3.63) is 11.3 Å². The Labute approximate surface area is 176 Å². The fourth-order valence-corrected chi connectivity index (χ4v) is 3.74. The Morgan fingerprint density at radius 1 is 0.679 bits per heavy atom. The third kappa shape index (κ3) is 15.0. The lowest BCUT2D eigenvalue weighted by atomic mass is 10.0. The van der Waals surface area contributed by atoms with Gasteiger partial charge in [0.1, 0.15) is 0 Å². The maximum atomic E-state index is 12.2. The zero-order chi connectivity index (χ0) is 21.0. The van der Waals surface area contributed by atoms with E-state index in [1.807, 2.05) is 6.92 Å². The highest BCUT2D eigenvalue weighted by atomic mass is 16.1. The van der Waals surface area contributed by atoms with Gasteiger partial charge in [-0.15, -0.1) is 0 Å². The van der Waals surface area contributed by atoms with E-state index in [1.54, 1.807) is 0 Å². The van der Waals surface area contributed by atoms with Crippen LogP contribution in [-0.2, 0) is 4.79 Å². The first-order valence-electron chi connectivity index (χ1n) is 12.2. The van der Waals surface area contributed by atoms with Gasteiger partial charge in [-0.25, -0.2) is 0 Å². The summed E-state index contributed by atoms with van der Waals surface area (Å²) < 4.78 is 0. The van der Waals surface area contributed by atoms with Gasteiger partial charge in [0.25, 0.3) is 0 Å². The van der Waals surface area contributed by atoms with E-state index in [0.29, 0.717) is 0 Å². The van der Waals surface area contributed by atoms with Crippen molar-refractivity contribution in [3.63, 3.8) is 0 Å². The standard InChI is InChI=1S/C25H50N2O/c1-6-8-9-10-11-12-13-14-15-16-17-18-19-20-21-24(27(4)5)23(3)25(28)26-22-7-2/h6-22H2,1-5H3,(H,26,28)/b24-23-. The first-order chi connectivity index (χ1) is 13.5. The van der Waals surface area contributed by atoms with Gasteiger partial charge in [0.15, 0.2) is 0 Å². The molecule has 3 nitrogen and oxygen atoms in total. The van der Waals surface area contributed by atoms with E-state index >= 15 is 0 Å². The maximum absolute atomic E-state index is 12.2. The van der Waals surface area contributed by atoms with Crippen molar-refractivity contribution in [2.75, 3.05) is 20.6 Å². The topological polar surface area (TPSA) is 32.3 Å². The quantitative estimate of drug-likeness (QED) is 0.185. The fraction of sp³-hybridized carbons (Fsp3) is 0.880. The Morgan fingerprint density at radius 2 is 1.11 bits per heavy atom. The molecule has 0 saturated carbocycles. The Balaban J connectivity index is 3.72. The molecule has 3 heteroatoms. The molecule has 0 unspecified atom stereocenters. The third-order valence-corrected chi connectivity index (χ3v) is 5.62. The lowest BCUT2D eigenvalue weighted by Gasteiger charge is -2.20. The predicted octanol–water partition coefficient (Wildman–Crippen LogP) is 7.22. The van der Waals surface area contributed by atoms with Gasteiger partial charge in [0.2, 0.25) is 5.91 Å². The van der Waals surface area contributed by atoms with Crippen molar-refractivity contribution >= 4 is 5.91 Å². The van der Waals surface area contributed by atoms with Crippen molar-refractivity contribution in [2.45, 2.75) is 124 Å². The number of allylic oxidation sites excluding steroid dienone is 1.